The molecular formula is C19H23ClN2O3S. The molecule has 0 saturated carbocycles. The van der Waals surface area contributed by atoms with Crippen molar-refractivity contribution in [2.24, 2.45) is 0 Å². The number of sulfonamides is 1. The van der Waals surface area contributed by atoms with Gasteiger partial charge in [-0.3, -0.25) is 9.10 Å². The standard InChI is InChI=1S/C19H23ClN2O3S/c1-3-8-18(15-9-5-4-6-10-15)21-19(23)14-22(26(2,24)25)17-12-7-11-16(20)13-17/h4-7,9-13,18H,3,8,14H2,1-2H3,(H,21,23). The first-order chi connectivity index (χ1) is 12.3. The quantitative estimate of drug-likeness (QED) is 0.741. The minimum Gasteiger partial charge on any atom is -0.348 e. The lowest BCUT2D eigenvalue weighted by Gasteiger charge is -2.24. The van der Waals surface area contributed by atoms with Crippen LogP contribution >= 0.6 is 11.6 Å². The number of anilines is 1. The average Bonchev–Trinajstić information content (AvgIpc) is 2.59. The molecule has 0 bridgehead atoms. The van der Waals surface area contributed by atoms with Crippen molar-refractivity contribution in [1.29, 1.82) is 0 Å². The molecule has 2 aromatic carbocycles. The Hall–Kier alpha value is -2.05. The zero-order chi connectivity index (χ0) is 19.2. The van der Waals surface area contributed by atoms with E-state index in [9.17, 15) is 13.2 Å². The molecule has 0 aliphatic rings. The van der Waals surface area contributed by atoms with Crippen LogP contribution in [-0.4, -0.2) is 27.1 Å². The second kappa shape index (κ2) is 9.05. The zero-order valence-electron chi connectivity index (χ0n) is 14.9. The van der Waals surface area contributed by atoms with Crippen LogP contribution in [-0.2, 0) is 14.8 Å². The Kier molecular flexibility index (Phi) is 7.06. The number of carbonyl (C=O) groups excluding carboxylic acids is 1. The van der Waals surface area contributed by atoms with E-state index in [0.29, 0.717) is 10.7 Å². The number of hydrogen-bond donors (Lipinski definition) is 1. The predicted octanol–water partition coefficient (Wildman–Crippen LogP) is 3.76. The van der Waals surface area contributed by atoms with Crippen LogP contribution in [0.5, 0.6) is 0 Å². The molecule has 0 fully saturated rings. The third kappa shape index (κ3) is 5.75. The maximum atomic E-state index is 12.6. The summed E-state index contributed by atoms with van der Waals surface area (Å²) in [6, 6.07) is 15.9. The fraction of sp³-hybridized carbons (Fsp3) is 0.316. The lowest BCUT2D eigenvalue weighted by Crippen LogP contribution is -2.41. The molecule has 0 aliphatic heterocycles. The van der Waals surface area contributed by atoms with E-state index in [1.807, 2.05) is 37.3 Å². The summed E-state index contributed by atoms with van der Waals surface area (Å²) in [6.45, 7) is 1.74. The van der Waals surface area contributed by atoms with E-state index >= 15 is 0 Å². The second-order valence-electron chi connectivity index (χ2n) is 6.07. The summed E-state index contributed by atoms with van der Waals surface area (Å²) in [4.78, 5) is 12.6. The van der Waals surface area contributed by atoms with Crippen molar-refractivity contribution in [1.82, 2.24) is 5.32 Å². The van der Waals surface area contributed by atoms with Crippen molar-refractivity contribution < 1.29 is 13.2 Å². The maximum absolute atomic E-state index is 12.6. The SMILES string of the molecule is CCCC(NC(=O)CN(c1cccc(Cl)c1)S(C)(=O)=O)c1ccccc1. The van der Waals surface area contributed by atoms with E-state index < -0.39 is 10.0 Å². The first-order valence-electron chi connectivity index (χ1n) is 8.39. The Morgan fingerprint density at radius 1 is 1.15 bits per heavy atom. The molecule has 0 aromatic heterocycles. The van der Waals surface area contributed by atoms with Crippen LogP contribution in [0.4, 0.5) is 5.69 Å². The fourth-order valence-corrected chi connectivity index (χ4v) is 3.73. The molecule has 0 saturated heterocycles. The Balaban J connectivity index is 2.18. The summed E-state index contributed by atoms with van der Waals surface area (Å²) in [7, 11) is -3.63. The Morgan fingerprint density at radius 3 is 2.42 bits per heavy atom. The van der Waals surface area contributed by atoms with Crippen molar-refractivity contribution in [3.05, 3.63) is 65.2 Å². The minimum absolute atomic E-state index is 0.158. The van der Waals surface area contributed by atoms with Gasteiger partial charge in [0.1, 0.15) is 6.54 Å². The fourth-order valence-electron chi connectivity index (χ4n) is 2.70. The highest BCUT2D eigenvalue weighted by Gasteiger charge is 2.23. The number of halogens is 1. The van der Waals surface area contributed by atoms with Crippen LogP contribution in [0.2, 0.25) is 5.02 Å². The average molecular weight is 395 g/mol. The van der Waals surface area contributed by atoms with Gasteiger partial charge in [0.05, 0.1) is 18.0 Å². The van der Waals surface area contributed by atoms with Crippen LogP contribution in [0, 0.1) is 0 Å². The topological polar surface area (TPSA) is 66.5 Å². The predicted molar refractivity (Wildman–Crippen MR) is 106 cm³/mol. The summed E-state index contributed by atoms with van der Waals surface area (Å²) in [5.41, 5.74) is 1.36. The van der Waals surface area contributed by atoms with Gasteiger partial charge >= 0.3 is 0 Å². The molecule has 0 heterocycles. The zero-order valence-corrected chi connectivity index (χ0v) is 16.4. The molecule has 7 heteroatoms. The summed E-state index contributed by atoms with van der Waals surface area (Å²) in [6.07, 6.45) is 2.73. The molecule has 140 valence electrons. The lowest BCUT2D eigenvalue weighted by molar-refractivity contribution is -0.120. The van der Waals surface area contributed by atoms with Crippen molar-refractivity contribution >= 4 is 33.2 Å². The number of hydrogen-bond acceptors (Lipinski definition) is 3. The van der Waals surface area contributed by atoms with E-state index in [4.69, 9.17) is 11.6 Å². The van der Waals surface area contributed by atoms with Gasteiger partial charge in [-0.1, -0.05) is 61.3 Å². The van der Waals surface area contributed by atoms with Crippen LogP contribution in [0.3, 0.4) is 0 Å². The van der Waals surface area contributed by atoms with Gasteiger partial charge in [-0.25, -0.2) is 8.42 Å². The summed E-state index contributed by atoms with van der Waals surface area (Å²) >= 11 is 5.96. The largest absolute Gasteiger partial charge is 0.348 e. The van der Waals surface area contributed by atoms with Crippen LogP contribution in [0.15, 0.2) is 54.6 Å². The number of nitrogens with one attached hydrogen (secondary N) is 1. The van der Waals surface area contributed by atoms with Crippen molar-refractivity contribution in [2.75, 3.05) is 17.1 Å². The lowest BCUT2D eigenvalue weighted by atomic mass is 10.0. The van der Waals surface area contributed by atoms with E-state index in [1.54, 1.807) is 18.2 Å². The molecule has 0 aliphatic carbocycles. The number of carbonyl (C=O) groups is 1. The van der Waals surface area contributed by atoms with Gasteiger partial charge in [-0.05, 0) is 30.2 Å². The molecule has 1 unspecified atom stereocenters. The van der Waals surface area contributed by atoms with Gasteiger partial charge in [-0.15, -0.1) is 0 Å². The van der Waals surface area contributed by atoms with E-state index in [1.165, 1.54) is 6.07 Å². The van der Waals surface area contributed by atoms with Gasteiger partial charge in [0.25, 0.3) is 0 Å². The number of nitrogens with zero attached hydrogens (tertiary/aromatic N) is 1. The van der Waals surface area contributed by atoms with Crippen LogP contribution in [0.25, 0.3) is 0 Å². The highest BCUT2D eigenvalue weighted by Crippen LogP contribution is 2.22. The smallest absolute Gasteiger partial charge is 0.241 e. The highest BCUT2D eigenvalue weighted by atomic mass is 35.5. The molecule has 2 aromatic rings. The normalized spacial score (nSPS) is 12.4. The second-order valence-corrected chi connectivity index (χ2v) is 8.41. The molecule has 1 N–H and O–H groups in total. The van der Waals surface area contributed by atoms with Crippen molar-refractivity contribution in [3.8, 4) is 0 Å². The molecule has 5 nitrogen and oxygen atoms in total. The van der Waals surface area contributed by atoms with Gasteiger partial charge in [0, 0.05) is 5.02 Å². The van der Waals surface area contributed by atoms with Crippen LogP contribution in [0.1, 0.15) is 31.4 Å². The maximum Gasteiger partial charge on any atom is 0.241 e. The molecule has 0 spiro atoms. The Labute approximate surface area is 160 Å². The molecule has 0 radical (unpaired) electrons. The molecule has 1 amide bonds. The van der Waals surface area contributed by atoms with Crippen molar-refractivity contribution in [3.63, 3.8) is 0 Å². The number of benzene rings is 2. The Bertz CT molecular complexity index is 841. The van der Waals surface area contributed by atoms with E-state index in [0.717, 1.165) is 29.0 Å². The third-order valence-electron chi connectivity index (χ3n) is 3.90. The molecular weight excluding hydrogens is 372 g/mol. The first kappa shape index (κ1) is 20.3. The summed E-state index contributed by atoms with van der Waals surface area (Å²) in [5, 5.41) is 3.35. The van der Waals surface area contributed by atoms with E-state index in [-0.39, 0.29) is 18.5 Å². The number of amides is 1. The van der Waals surface area contributed by atoms with Crippen LogP contribution < -0.4 is 9.62 Å². The van der Waals surface area contributed by atoms with Gasteiger partial charge < -0.3 is 5.32 Å². The third-order valence-corrected chi connectivity index (χ3v) is 5.27. The Morgan fingerprint density at radius 2 is 1.85 bits per heavy atom. The first-order valence-corrected chi connectivity index (χ1v) is 10.6. The minimum atomic E-state index is -3.63. The molecule has 26 heavy (non-hydrogen) atoms. The number of rotatable bonds is 8. The van der Waals surface area contributed by atoms with Gasteiger partial charge in [-0.2, -0.15) is 0 Å². The van der Waals surface area contributed by atoms with Crippen molar-refractivity contribution in [2.45, 2.75) is 25.8 Å². The van der Waals surface area contributed by atoms with Gasteiger partial charge in [0.2, 0.25) is 15.9 Å². The van der Waals surface area contributed by atoms with Gasteiger partial charge in [0.15, 0.2) is 0 Å². The summed E-state index contributed by atoms with van der Waals surface area (Å²) < 4.78 is 25.4. The monoisotopic (exact) mass is 394 g/mol. The summed E-state index contributed by atoms with van der Waals surface area (Å²) in [5.74, 6) is -0.363. The molecule has 2 rings (SSSR count). The van der Waals surface area contributed by atoms with E-state index in [2.05, 4.69) is 5.32 Å². The molecule has 1 atom stereocenters. The highest BCUT2D eigenvalue weighted by molar-refractivity contribution is 7.92.